The lowest BCUT2D eigenvalue weighted by molar-refractivity contribution is 0.0935. The summed E-state index contributed by atoms with van der Waals surface area (Å²) in [4.78, 5) is 16.6. The van der Waals surface area contributed by atoms with E-state index in [0.29, 0.717) is 0 Å². The molecule has 0 fully saturated rings. The van der Waals surface area contributed by atoms with E-state index in [9.17, 15) is 4.79 Å². The first-order valence-corrected chi connectivity index (χ1v) is 11.1. The number of nitrogens with zero attached hydrogens (tertiary/aromatic N) is 1. The molecule has 0 radical (unpaired) electrons. The Hall–Kier alpha value is -2.01. The van der Waals surface area contributed by atoms with Crippen molar-refractivity contribution in [3.8, 4) is 0 Å². The number of fused-ring (bicyclic) bond motifs is 3. The van der Waals surface area contributed by atoms with Gasteiger partial charge < -0.3 is 15.5 Å². The van der Waals surface area contributed by atoms with Crippen LogP contribution in [0.15, 0.2) is 24.3 Å². The molecule has 0 saturated heterocycles. The second kappa shape index (κ2) is 7.93. The normalized spacial score (nSPS) is 18.3. The lowest BCUT2D eigenvalue weighted by Crippen LogP contribution is -2.38. The number of amides is 1. The molecule has 2 aliphatic rings. The van der Waals surface area contributed by atoms with Gasteiger partial charge in [0.25, 0.3) is 5.91 Å². The third-order valence-corrected chi connectivity index (χ3v) is 6.75. The molecule has 5 heteroatoms. The highest BCUT2D eigenvalue weighted by Gasteiger charge is 2.31. The van der Waals surface area contributed by atoms with Crippen LogP contribution in [0.2, 0.25) is 0 Å². The fraction of sp³-hybridized carbons (Fsp3) is 0.500. The molecular formula is C22H29N3OS. The average Bonchev–Trinajstić information content (AvgIpc) is 3.07. The van der Waals surface area contributed by atoms with Crippen LogP contribution in [0.3, 0.4) is 0 Å². The van der Waals surface area contributed by atoms with Crippen LogP contribution in [0.25, 0.3) is 0 Å². The molecule has 27 heavy (non-hydrogen) atoms. The summed E-state index contributed by atoms with van der Waals surface area (Å²) >= 11 is 1.78. The van der Waals surface area contributed by atoms with Crippen molar-refractivity contribution in [1.29, 1.82) is 0 Å². The fourth-order valence-corrected chi connectivity index (χ4v) is 5.55. The topological polar surface area (TPSA) is 44.4 Å². The van der Waals surface area contributed by atoms with E-state index in [1.54, 1.807) is 11.3 Å². The number of aryl methyl sites for hydroxylation is 1. The molecule has 1 amide bonds. The molecule has 4 rings (SSSR count). The van der Waals surface area contributed by atoms with E-state index in [1.165, 1.54) is 29.0 Å². The molecular weight excluding hydrogens is 354 g/mol. The number of hydrogen-bond acceptors (Lipinski definition) is 4. The van der Waals surface area contributed by atoms with Gasteiger partial charge in [0.05, 0.1) is 5.56 Å². The number of carbonyl (C=O) groups excluding carboxylic acids is 1. The average molecular weight is 384 g/mol. The van der Waals surface area contributed by atoms with Gasteiger partial charge in [0.1, 0.15) is 11.2 Å². The zero-order chi connectivity index (χ0) is 18.8. The highest BCUT2D eigenvalue weighted by Crippen LogP contribution is 2.41. The molecule has 1 aromatic carbocycles. The molecule has 0 saturated carbocycles. The first kappa shape index (κ1) is 18.4. The number of carbonyl (C=O) groups is 1. The van der Waals surface area contributed by atoms with E-state index in [4.69, 9.17) is 0 Å². The molecule has 1 atom stereocenters. The molecule has 0 spiro atoms. The number of nitrogens with one attached hydrogen (secondary N) is 2. The number of hydrogen-bond donors (Lipinski definition) is 2. The quantitative estimate of drug-likeness (QED) is 0.729. The van der Waals surface area contributed by atoms with Crippen molar-refractivity contribution < 1.29 is 4.79 Å². The monoisotopic (exact) mass is 383 g/mol. The largest absolute Gasteiger partial charge is 0.372 e. The van der Waals surface area contributed by atoms with Crippen molar-refractivity contribution in [1.82, 2.24) is 5.32 Å². The lowest BCUT2D eigenvalue weighted by Gasteiger charge is -2.28. The minimum atomic E-state index is -0.148. The first-order chi connectivity index (χ1) is 13.2. The van der Waals surface area contributed by atoms with Crippen LogP contribution in [0, 0.1) is 0 Å². The summed E-state index contributed by atoms with van der Waals surface area (Å²) in [6, 6.07) is 8.65. The predicted molar refractivity (Wildman–Crippen MR) is 114 cm³/mol. The van der Waals surface area contributed by atoms with Crippen LogP contribution in [-0.2, 0) is 12.8 Å². The summed E-state index contributed by atoms with van der Waals surface area (Å²) in [5.74, 6) is 0.0795. The Kier molecular flexibility index (Phi) is 5.39. The summed E-state index contributed by atoms with van der Waals surface area (Å²) in [6.07, 6.45) is 6.74. The van der Waals surface area contributed by atoms with Gasteiger partial charge >= 0.3 is 0 Å². The maximum absolute atomic E-state index is 12.8. The molecule has 2 aromatic rings. The summed E-state index contributed by atoms with van der Waals surface area (Å²) in [6.45, 7) is 6.60. The maximum Gasteiger partial charge on any atom is 0.256 e. The Morgan fingerprint density at radius 1 is 1.04 bits per heavy atom. The van der Waals surface area contributed by atoms with Crippen molar-refractivity contribution in [2.24, 2.45) is 0 Å². The first-order valence-electron chi connectivity index (χ1n) is 10.3. The highest BCUT2D eigenvalue weighted by molar-refractivity contribution is 7.16. The van der Waals surface area contributed by atoms with Gasteiger partial charge in [-0.15, -0.1) is 11.3 Å². The highest BCUT2D eigenvalue weighted by atomic mass is 32.1. The van der Waals surface area contributed by atoms with Crippen molar-refractivity contribution in [3.05, 3.63) is 45.8 Å². The van der Waals surface area contributed by atoms with Gasteiger partial charge in [-0.3, -0.25) is 4.79 Å². The van der Waals surface area contributed by atoms with Gasteiger partial charge in [-0.05, 0) is 61.8 Å². The van der Waals surface area contributed by atoms with Gasteiger partial charge in [-0.2, -0.15) is 0 Å². The zero-order valence-electron chi connectivity index (χ0n) is 16.3. The minimum absolute atomic E-state index is 0.0795. The van der Waals surface area contributed by atoms with Crippen LogP contribution >= 0.6 is 11.3 Å². The third-order valence-electron chi connectivity index (χ3n) is 5.53. The second-order valence-corrected chi connectivity index (χ2v) is 8.65. The molecule has 144 valence electrons. The SMILES string of the molecule is CCCN(CCC)c1ccc(C2NC(=O)c3c(sc4c3CCCC4)N2)cc1. The van der Waals surface area contributed by atoms with Crippen LogP contribution in [0.4, 0.5) is 10.7 Å². The van der Waals surface area contributed by atoms with Gasteiger partial charge in [0.2, 0.25) is 0 Å². The number of rotatable bonds is 6. The van der Waals surface area contributed by atoms with E-state index >= 15 is 0 Å². The van der Waals surface area contributed by atoms with E-state index in [1.807, 2.05) is 0 Å². The summed E-state index contributed by atoms with van der Waals surface area (Å²) < 4.78 is 0. The third kappa shape index (κ3) is 3.57. The van der Waals surface area contributed by atoms with Crippen molar-refractivity contribution in [3.63, 3.8) is 0 Å². The van der Waals surface area contributed by atoms with Crippen molar-refractivity contribution >= 4 is 27.9 Å². The van der Waals surface area contributed by atoms with Crippen LogP contribution in [-0.4, -0.2) is 19.0 Å². The predicted octanol–water partition coefficient (Wildman–Crippen LogP) is 5.11. The van der Waals surface area contributed by atoms with E-state index in [2.05, 4.69) is 53.6 Å². The summed E-state index contributed by atoms with van der Waals surface area (Å²) in [5.41, 5.74) is 4.56. The Labute approximate surface area is 166 Å². The molecule has 1 aliphatic carbocycles. The van der Waals surface area contributed by atoms with Crippen LogP contribution < -0.4 is 15.5 Å². The number of benzene rings is 1. The fourth-order valence-electron chi connectivity index (χ4n) is 4.23. The van der Waals surface area contributed by atoms with Gasteiger partial charge in [-0.1, -0.05) is 26.0 Å². The smallest absolute Gasteiger partial charge is 0.256 e. The van der Waals surface area contributed by atoms with E-state index in [-0.39, 0.29) is 12.1 Å². The Balaban J connectivity index is 1.54. The molecule has 0 bridgehead atoms. The van der Waals surface area contributed by atoms with Crippen molar-refractivity contribution in [2.75, 3.05) is 23.3 Å². The molecule has 4 nitrogen and oxygen atoms in total. The Bertz CT molecular complexity index is 806. The Morgan fingerprint density at radius 3 is 2.44 bits per heavy atom. The molecule has 2 N–H and O–H groups in total. The second-order valence-electron chi connectivity index (χ2n) is 7.54. The van der Waals surface area contributed by atoms with Gasteiger partial charge in [-0.25, -0.2) is 0 Å². The summed E-state index contributed by atoms with van der Waals surface area (Å²) in [5, 5.41) is 7.79. The molecule has 1 aliphatic heterocycles. The Morgan fingerprint density at radius 2 is 1.74 bits per heavy atom. The van der Waals surface area contributed by atoms with E-state index < -0.39 is 0 Å². The zero-order valence-corrected chi connectivity index (χ0v) is 17.1. The van der Waals surface area contributed by atoms with Crippen LogP contribution in [0.5, 0.6) is 0 Å². The maximum atomic E-state index is 12.8. The lowest BCUT2D eigenvalue weighted by atomic mass is 9.94. The minimum Gasteiger partial charge on any atom is -0.372 e. The summed E-state index contributed by atoms with van der Waals surface area (Å²) in [7, 11) is 0. The van der Waals surface area contributed by atoms with E-state index in [0.717, 1.165) is 54.9 Å². The molecule has 1 unspecified atom stereocenters. The van der Waals surface area contributed by atoms with Gasteiger partial charge in [0.15, 0.2) is 0 Å². The molecule has 2 heterocycles. The number of anilines is 2. The molecule has 1 aromatic heterocycles. The number of thiophene rings is 1. The van der Waals surface area contributed by atoms with Gasteiger partial charge in [0, 0.05) is 23.7 Å². The van der Waals surface area contributed by atoms with Crippen LogP contribution in [0.1, 0.15) is 72.1 Å². The standard InChI is InChI=1S/C22H29N3OS/c1-3-13-25(14-4-2)16-11-9-15(10-12-16)20-23-21(26)19-17-7-5-6-8-18(17)27-22(19)24-20/h9-12,20,24H,3-8,13-14H2,1-2H3,(H,23,26). The van der Waals surface area contributed by atoms with Crippen molar-refractivity contribution in [2.45, 2.75) is 58.5 Å².